The molecule has 0 bridgehead atoms. The van der Waals surface area contributed by atoms with Crippen molar-refractivity contribution in [2.45, 2.75) is 18.2 Å². The maximum Gasteiger partial charge on any atom is 0.337 e. The maximum atomic E-state index is 12.0. The molecule has 6 nitrogen and oxygen atoms in total. The van der Waals surface area contributed by atoms with Crippen molar-refractivity contribution in [2.24, 2.45) is 0 Å². The third-order valence-electron chi connectivity index (χ3n) is 2.42. The van der Waals surface area contributed by atoms with Crippen LogP contribution in [0.5, 0.6) is 0 Å². The zero-order valence-corrected chi connectivity index (χ0v) is 12.3. The lowest BCUT2D eigenvalue weighted by Crippen LogP contribution is -2.30. The summed E-state index contributed by atoms with van der Waals surface area (Å²) in [6.45, 7) is 2.24. The number of carboxylic acid groups (broad SMARTS) is 1. The lowest BCUT2D eigenvalue weighted by Gasteiger charge is -2.07. The average molecular weight is 320 g/mol. The van der Waals surface area contributed by atoms with Gasteiger partial charge in [0.2, 0.25) is 5.91 Å². The summed E-state index contributed by atoms with van der Waals surface area (Å²) in [5.74, 6) is -2.56. The highest BCUT2D eigenvalue weighted by Gasteiger charge is 2.21. The molecule has 0 aliphatic heterocycles. The number of aromatic carboxylic acids is 1. The highest BCUT2D eigenvalue weighted by molar-refractivity contribution is 7.92. The van der Waals surface area contributed by atoms with E-state index in [1.54, 1.807) is 0 Å². The molecule has 0 fully saturated rings. The lowest BCUT2D eigenvalue weighted by atomic mass is 10.2. The summed E-state index contributed by atoms with van der Waals surface area (Å²) >= 11 is 5.70. The molecule has 0 saturated heterocycles. The van der Waals surface area contributed by atoms with E-state index in [-0.39, 0.29) is 15.5 Å². The first-order valence-corrected chi connectivity index (χ1v) is 7.83. The van der Waals surface area contributed by atoms with Gasteiger partial charge in [0.05, 0.1) is 15.5 Å². The quantitative estimate of drug-likeness (QED) is 0.824. The maximum absolute atomic E-state index is 12.0. The van der Waals surface area contributed by atoms with E-state index < -0.39 is 27.5 Å². The van der Waals surface area contributed by atoms with Crippen molar-refractivity contribution < 1.29 is 23.1 Å². The van der Waals surface area contributed by atoms with E-state index in [0.29, 0.717) is 13.0 Å². The monoisotopic (exact) mass is 319 g/mol. The standard InChI is InChI=1S/C12H14ClNO5S/c1-2-5-14-11(15)7-20(18,19)8-3-4-9(12(16)17)10(13)6-8/h3-4,6H,2,5,7H2,1H3,(H,14,15)(H,16,17). The molecular weight excluding hydrogens is 306 g/mol. The van der Waals surface area contributed by atoms with Crippen molar-refractivity contribution >= 4 is 33.3 Å². The number of hydrogen-bond acceptors (Lipinski definition) is 4. The van der Waals surface area contributed by atoms with Crippen LogP contribution < -0.4 is 5.32 Å². The van der Waals surface area contributed by atoms with E-state index in [4.69, 9.17) is 16.7 Å². The van der Waals surface area contributed by atoms with Gasteiger partial charge >= 0.3 is 5.97 Å². The molecule has 110 valence electrons. The highest BCUT2D eigenvalue weighted by Crippen LogP contribution is 2.21. The summed E-state index contributed by atoms with van der Waals surface area (Å²) in [7, 11) is -3.84. The molecule has 2 N–H and O–H groups in total. The van der Waals surface area contributed by atoms with Gasteiger partial charge in [-0.25, -0.2) is 13.2 Å². The van der Waals surface area contributed by atoms with E-state index in [1.165, 1.54) is 0 Å². The van der Waals surface area contributed by atoms with Gasteiger partial charge in [0, 0.05) is 6.54 Å². The van der Waals surface area contributed by atoms with Crippen LogP contribution in [-0.2, 0) is 14.6 Å². The van der Waals surface area contributed by atoms with Gasteiger partial charge in [-0.3, -0.25) is 4.79 Å². The summed E-state index contributed by atoms with van der Waals surface area (Å²) in [5.41, 5.74) is -0.193. The van der Waals surface area contributed by atoms with Gasteiger partial charge in [0.15, 0.2) is 9.84 Å². The molecule has 20 heavy (non-hydrogen) atoms. The fraction of sp³-hybridized carbons (Fsp3) is 0.333. The Morgan fingerprint density at radius 2 is 2.00 bits per heavy atom. The second-order valence-corrected chi connectivity index (χ2v) is 6.45. The molecule has 0 saturated carbocycles. The van der Waals surface area contributed by atoms with Gasteiger partial charge < -0.3 is 10.4 Å². The minimum Gasteiger partial charge on any atom is -0.478 e. The van der Waals surface area contributed by atoms with E-state index in [1.807, 2.05) is 6.92 Å². The Balaban J connectivity index is 2.96. The van der Waals surface area contributed by atoms with Crippen molar-refractivity contribution in [1.82, 2.24) is 5.32 Å². The summed E-state index contributed by atoms with van der Waals surface area (Å²) in [4.78, 5) is 22.0. The second-order valence-electron chi connectivity index (χ2n) is 4.06. The summed E-state index contributed by atoms with van der Waals surface area (Å²) in [5, 5.41) is 11.1. The van der Waals surface area contributed by atoms with Crippen LogP contribution in [0.3, 0.4) is 0 Å². The molecule has 1 rings (SSSR count). The van der Waals surface area contributed by atoms with Gasteiger partial charge in [0.25, 0.3) is 0 Å². The van der Waals surface area contributed by atoms with Crippen molar-refractivity contribution in [3.63, 3.8) is 0 Å². The number of rotatable bonds is 6. The minimum atomic E-state index is -3.84. The number of nitrogens with one attached hydrogen (secondary N) is 1. The normalized spacial score (nSPS) is 11.1. The zero-order chi connectivity index (χ0) is 15.3. The van der Waals surface area contributed by atoms with Crippen molar-refractivity contribution in [2.75, 3.05) is 12.3 Å². The Kier molecular flexibility index (Phi) is 5.52. The Labute approximate surface area is 121 Å². The topological polar surface area (TPSA) is 101 Å². The SMILES string of the molecule is CCCNC(=O)CS(=O)(=O)c1ccc(C(=O)O)c(Cl)c1. The van der Waals surface area contributed by atoms with Crippen LogP contribution in [0.25, 0.3) is 0 Å². The number of hydrogen-bond donors (Lipinski definition) is 2. The Hall–Kier alpha value is -1.60. The summed E-state index contributed by atoms with van der Waals surface area (Å²) < 4.78 is 23.9. The van der Waals surface area contributed by atoms with Crippen LogP contribution >= 0.6 is 11.6 Å². The molecule has 1 aromatic rings. The van der Waals surface area contributed by atoms with E-state index in [0.717, 1.165) is 18.2 Å². The molecule has 0 aliphatic rings. The van der Waals surface area contributed by atoms with Crippen LogP contribution in [-0.4, -0.2) is 37.7 Å². The number of sulfone groups is 1. The lowest BCUT2D eigenvalue weighted by molar-refractivity contribution is -0.118. The van der Waals surface area contributed by atoms with Crippen LogP contribution in [0, 0.1) is 0 Å². The van der Waals surface area contributed by atoms with Gasteiger partial charge in [-0.15, -0.1) is 0 Å². The molecule has 0 radical (unpaired) electrons. The fourth-order valence-electron chi connectivity index (χ4n) is 1.43. The highest BCUT2D eigenvalue weighted by atomic mass is 35.5. The predicted octanol–water partition coefficient (Wildman–Crippen LogP) is 1.34. The van der Waals surface area contributed by atoms with Crippen LogP contribution in [0.1, 0.15) is 23.7 Å². The van der Waals surface area contributed by atoms with E-state index in [2.05, 4.69) is 5.32 Å². The number of halogens is 1. The Morgan fingerprint density at radius 3 is 2.50 bits per heavy atom. The van der Waals surface area contributed by atoms with Crippen LogP contribution in [0.4, 0.5) is 0 Å². The first-order chi connectivity index (χ1) is 9.27. The third kappa shape index (κ3) is 4.21. The minimum absolute atomic E-state index is 0.181. The molecule has 0 atom stereocenters. The molecule has 0 heterocycles. The van der Waals surface area contributed by atoms with E-state index >= 15 is 0 Å². The first kappa shape index (κ1) is 16.5. The number of amides is 1. The van der Waals surface area contributed by atoms with Gasteiger partial charge in [-0.05, 0) is 24.6 Å². The van der Waals surface area contributed by atoms with Crippen LogP contribution in [0.2, 0.25) is 5.02 Å². The largest absolute Gasteiger partial charge is 0.478 e. The summed E-state index contributed by atoms with van der Waals surface area (Å²) in [6, 6.07) is 3.26. The summed E-state index contributed by atoms with van der Waals surface area (Å²) in [6.07, 6.45) is 0.699. The fourth-order valence-corrected chi connectivity index (χ4v) is 2.95. The molecule has 8 heteroatoms. The molecule has 0 spiro atoms. The van der Waals surface area contributed by atoms with Gasteiger partial charge in [-0.2, -0.15) is 0 Å². The van der Waals surface area contributed by atoms with Gasteiger partial charge in [-0.1, -0.05) is 18.5 Å². The Morgan fingerprint density at radius 1 is 1.35 bits per heavy atom. The average Bonchev–Trinajstić information content (AvgIpc) is 2.35. The molecule has 1 amide bonds. The van der Waals surface area contributed by atoms with Crippen LogP contribution in [0.15, 0.2) is 23.1 Å². The van der Waals surface area contributed by atoms with Crippen molar-refractivity contribution in [3.8, 4) is 0 Å². The number of carbonyl (C=O) groups is 2. The predicted molar refractivity (Wildman–Crippen MR) is 73.8 cm³/mol. The number of carbonyl (C=O) groups excluding carboxylic acids is 1. The third-order valence-corrected chi connectivity index (χ3v) is 4.35. The molecule has 0 aromatic heterocycles. The number of benzene rings is 1. The molecule has 0 unspecified atom stereocenters. The van der Waals surface area contributed by atoms with Gasteiger partial charge in [0.1, 0.15) is 5.75 Å². The number of carboxylic acids is 1. The van der Waals surface area contributed by atoms with Crippen molar-refractivity contribution in [1.29, 1.82) is 0 Å². The first-order valence-electron chi connectivity index (χ1n) is 5.80. The van der Waals surface area contributed by atoms with Crippen molar-refractivity contribution in [3.05, 3.63) is 28.8 Å². The zero-order valence-electron chi connectivity index (χ0n) is 10.7. The molecular formula is C12H14ClNO5S. The second kappa shape index (κ2) is 6.71. The smallest absolute Gasteiger partial charge is 0.337 e. The molecule has 1 aromatic carbocycles. The molecule has 0 aliphatic carbocycles. The van der Waals surface area contributed by atoms with E-state index in [9.17, 15) is 18.0 Å². The Bertz CT molecular complexity index is 627.